The van der Waals surface area contributed by atoms with Crippen molar-refractivity contribution < 1.29 is 24.1 Å². The Morgan fingerprint density at radius 3 is 1.97 bits per heavy atom. The third kappa shape index (κ3) is 4.23. The number of carboxylic acids is 1. The molecule has 0 saturated carbocycles. The van der Waals surface area contributed by atoms with Gasteiger partial charge >= 0.3 is 18.0 Å². The molecule has 1 atom stereocenters. The predicted molar refractivity (Wildman–Crippen MR) is 108 cm³/mol. The summed E-state index contributed by atoms with van der Waals surface area (Å²) in [6.45, 7) is 3.68. The Labute approximate surface area is 174 Å². The summed E-state index contributed by atoms with van der Waals surface area (Å²) in [5, 5.41) is 10.2. The number of rotatable bonds is 9. The van der Waals surface area contributed by atoms with Crippen molar-refractivity contribution in [1.82, 2.24) is 15.0 Å². The van der Waals surface area contributed by atoms with Gasteiger partial charge in [-0.15, -0.1) is 4.98 Å². The van der Waals surface area contributed by atoms with Crippen molar-refractivity contribution >= 4 is 5.97 Å². The van der Waals surface area contributed by atoms with Gasteiger partial charge in [0.1, 0.15) is 5.82 Å². The van der Waals surface area contributed by atoms with E-state index in [0.717, 1.165) is 0 Å². The van der Waals surface area contributed by atoms with Gasteiger partial charge in [0.2, 0.25) is 6.10 Å². The van der Waals surface area contributed by atoms with E-state index in [2.05, 4.69) is 15.0 Å². The van der Waals surface area contributed by atoms with Crippen LogP contribution in [0.4, 0.5) is 0 Å². The molecule has 3 aromatic rings. The molecule has 0 amide bonds. The highest BCUT2D eigenvalue weighted by molar-refractivity contribution is 5.76. The quantitative estimate of drug-likeness (QED) is 0.575. The number of aliphatic carboxylic acids is 1. The molecule has 0 aliphatic carbocycles. The summed E-state index contributed by atoms with van der Waals surface area (Å²) in [7, 11) is 1.41. The number of carbonyl (C=O) groups is 1. The Kier molecular flexibility index (Phi) is 6.58. The minimum Gasteiger partial charge on any atom is -0.478 e. The molecule has 0 aliphatic heterocycles. The molecule has 2 aromatic carbocycles. The molecule has 3 rings (SSSR count). The molecule has 1 N–H and O–H groups in total. The van der Waals surface area contributed by atoms with Crippen LogP contribution in [-0.4, -0.2) is 45.8 Å². The van der Waals surface area contributed by atoms with Crippen molar-refractivity contribution in [2.45, 2.75) is 25.6 Å². The zero-order chi connectivity index (χ0) is 21.6. The van der Waals surface area contributed by atoms with Gasteiger partial charge in [-0.1, -0.05) is 60.7 Å². The van der Waals surface area contributed by atoms with Crippen LogP contribution < -0.4 is 9.47 Å². The molecule has 0 radical (unpaired) electrons. The Hall–Kier alpha value is -3.52. The fourth-order valence-corrected chi connectivity index (χ4v) is 3.30. The molecule has 1 heterocycles. The molecule has 30 heavy (non-hydrogen) atoms. The smallest absolute Gasteiger partial charge is 0.348 e. The van der Waals surface area contributed by atoms with Gasteiger partial charge in [-0.3, -0.25) is 0 Å². The van der Waals surface area contributed by atoms with E-state index >= 15 is 0 Å². The van der Waals surface area contributed by atoms with E-state index in [0.29, 0.717) is 17.0 Å². The van der Waals surface area contributed by atoms with Crippen molar-refractivity contribution in [1.29, 1.82) is 0 Å². The summed E-state index contributed by atoms with van der Waals surface area (Å²) in [4.78, 5) is 24.7. The SMILES string of the molecule is CCOC(c1ccccc1)(c1ccccc1)C(Oc1nc(C)nc(OC)n1)C(=O)O. The number of hydrogen-bond acceptors (Lipinski definition) is 7. The largest absolute Gasteiger partial charge is 0.478 e. The van der Waals surface area contributed by atoms with Crippen LogP contribution in [0.2, 0.25) is 0 Å². The molecule has 1 aromatic heterocycles. The van der Waals surface area contributed by atoms with Gasteiger partial charge in [-0.2, -0.15) is 9.97 Å². The highest BCUT2D eigenvalue weighted by Gasteiger charge is 2.50. The Morgan fingerprint density at radius 2 is 1.50 bits per heavy atom. The van der Waals surface area contributed by atoms with Crippen molar-refractivity contribution in [3.05, 3.63) is 77.6 Å². The van der Waals surface area contributed by atoms with Crippen LogP contribution in [0.1, 0.15) is 23.9 Å². The fourth-order valence-electron chi connectivity index (χ4n) is 3.30. The summed E-state index contributed by atoms with van der Waals surface area (Å²) >= 11 is 0. The lowest BCUT2D eigenvalue weighted by Gasteiger charge is -2.38. The molecule has 0 aliphatic rings. The highest BCUT2D eigenvalue weighted by atomic mass is 16.6. The van der Waals surface area contributed by atoms with Gasteiger partial charge in [0.05, 0.1) is 7.11 Å². The van der Waals surface area contributed by atoms with Crippen LogP contribution in [0, 0.1) is 6.92 Å². The number of benzene rings is 2. The summed E-state index contributed by atoms with van der Waals surface area (Å²) < 4.78 is 17.1. The van der Waals surface area contributed by atoms with E-state index in [4.69, 9.17) is 14.2 Å². The predicted octanol–water partition coefficient (Wildman–Crippen LogP) is 3.00. The average Bonchev–Trinajstić information content (AvgIpc) is 2.76. The monoisotopic (exact) mass is 409 g/mol. The Balaban J connectivity index is 2.21. The number of ether oxygens (including phenoxy) is 3. The topological polar surface area (TPSA) is 104 Å². The number of aryl methyl sites for hydroxylation is 1. The maximum atomic E-state index is 12.5. The second kappa shape index (κ2) is 9.32. The van der Waals surface area contributed by atoms with Crippen molar-refractivity contribution in [2.75, 3.05) is 13.7 Å². The molecule has 8 heteroatoms. The van der Waals surface area contributed by atoms with Crippen molar-refractivity contribution in [3.8, 4) is 12.0 Å². The lowest BCUT2D eigenvalue weighted by Crippen LogP contribution is -2.51. The van der Waals surface area contributed by atoms with Crippen LogP contribution in [0.3, 0.4) is 0 Å². The van der Waals surface area contributed by atoms with Crippen molar-refractivity contribution in [3.63, 3.8) is 0 Å². The first-order chi connectivity index (χ1) is 14.5. The first kappa shape index (κ1) is 21.2. The molecule has 0 saturated heterocycles. The average molecular weight is 409 g/mol. The maximum Gasteiger partial charge on any atom is 0.348 e. The molecular formula is C22H23N3O5. The van der Waals surface area contributed by atoms with Crippen LogP contribution >= 0.6 is 0 Å². The van der Waals surface area contributed by atoms with Crippen LogP contribution in [0.25, 0.3) is 0 Å². The first-order valence-electron chi connectivity index (χ1n) is 9.42. The van der Waals surface area contributed by atoms with E-state index in [1.54, 1.807) is 38.1 Å². The van der Waals surface area contributed by atoms with E-state index in [1.807, 2.05) is 36.4 Å². The van der Waals surface area contributed by atoms with Crippen LogP contribution in [0.15, 0.2) is 60.7 Å². The molecule has 0 bridgehead atoms. The van der Waals surface area contributed by atoms with Gasteiger partial charge in [0, 0.05) is 6.61 Å². The highest BCUT2D eigenvalue weighted by Crippen LogP contribution is 2.39. The molecule has 156 valence electrons. The molecule has 0 spiro atoms. The molecule has 0 fully saturated rings. The fraction of sp³-hybridized carbons (Fsp3) is 0.273. The normalized spacial score (nSPS) is 12.2. The third-order valence-corrected chi connectivity index (χ3v) is 4.48. The minimum atomic E-state index is -1.49. The van der Waals surface area contributed by atoms with E-state index < -0.39 is 17.7 Å². The van der Waals surface area contributed by atoms with Gasteiger partial charge < -0.3 is 19.3 Å². The zero-order valence-electron chi connectivity index (χ0n) is 17.0. The number of hydrogen-bond donors (Lipinski definition) is 1. The summed E-state index contributed by atoms with van der Waals surface area (Å²) in [6.07, 6.45) is -1.49. The van der Waals surface area contributed by atoms with Gasteiger partial charge in [-0.05, 0) is 25.0 Å². The summed E-state index contributed by atoms with van der Waals surface area (Å²) in [6, 6.07) is 18.1. The number of nitrogens with zero attached hydrogens (tertiary/aromatic N) is 3. The lowest BCUT2D eigenvalue weighted by molar-refractivity contribution is -0.163. The molecule has 1 unspecified atom stereocenters. The number of methoxy groups -OCH3 is 1. The van der Waals surface area contributed by atoms with Gasteiger partial charge in [0.15, 0.2) is 5.60 Å². The summed E-state index contributed by atoms with van der Waals surface area (Å²) in [5.41, 5.74) is -0.192. The van der Waals surface area contributed by atoms with Gasteiger partial charge in [-0.25, -0.2) is 4.79 Å². The Morgan fingerprint density at radius 1 is 0.967 bits per heavy atom. The zero-order valence-corrected chi connectivity index (χ0v) is 17.0. The van der Waals surface area contributed by atoms with Crippen LogP contribution in [-0.2, 0) is 15.1 Å². The van der Waals surface area contributed by atoms with Gasteiger partial charge in [0.25, 0.3) is 0 Å². The van der Waals surface area contributed by atoms with E-state index in [1.165, 1.54) is 7.11 Å². The molecular weight excluding hydrogens is 386 g/mol. The van der Waals surface area contributed by atoms with Crippen LogP contribution in [0.5, 0.6) is 12.0 Å². The summed E-state index contributed by atoms with van der Waals surface area (Å²) in [5.74, 6) is -0.893. The number of carboxylic acid groups (broad SMARTS) is 1. The maximum absolute atomic E-state index is 12.5. The van der Waals surface area contributed by atoms with Crippen molar-refractivity contribution in [2.24, 2.45) is 0 Å². The Bertz CT molecular complexity index is 943. The number of aromatic nitrogens is 3. The first-order valence-corrected chi connectivity index (χ1v) is 9.42. The minimum absolute atomic E-state index is 0.0306. The second-order valence-electron chi connectivity index (χ2n) is 6.39. The van der Waals surface area contributed by atoms with E-state index in [-0.39, 0.29) is 18.6 Å². The second-order valence-corrected chi connectivity index (χ2v) is 6.39. The molecule has 8 nitrogen and oxygen atoms in total. The third-order valence-electron chi connectivity index (χ3n) is 4.48. The lowest BCUT2D eigenvalue weighted by atomic mass is 9.81. The van der Waals surface area contributed by atoms with E-state index in [9.17, 15) is 9.90 Å². The standard InChI is InChI=1S/C22H23N3O5/c1-4-29-22(16-11-7-5-8-12-16,17-13-9-6-10-14-17)18(19(26)27)30-21-24-15(2)23-20(25-21)28-3/h5-14,18H,4H2,1-3H3,(H,26,27).